The van der Waals surface area contributed by atoms with Gasteiger partial charge in [0, 0.05) is 10.0 Å². The van der Waals surface area contributed by atoms with Crippen LogP contribution in [0.25, 0.3) is 11.8 Å². The first kappa shape index (κ1) is 20.6. The van der Waals surface area contributed by atoms with Crippen molar-refractivity contribution in [3.05, 3.63) is 90.6 Å². The predicted molar refractivity (Wildman–Crippen MR) is 119 cm³/mol. The van der Waals surface area contributed by atoms with Crippen LogP contribution < -0.4 is 16.3 Å². The number of carbonyl (C=O) groups is 1. The van der Waals surface area contributed by atoms with Gasteiger partial charge in [0.05, 0.1) is 22.7 Å². The number of benzene rings is 2. The van der Waals surface area contributed by atoms with Crippen LogP contribution in [0.15, 0.2) is 68.8 Å². The largest absolute Gasteiger partial charge is 0.494 e. The number of aromatic nitrogens is 2. The molecular formula is C21H14Cl2N4O4. The number of anilines is 1. The van der Waals surface area contributed by atoms with Gasteiger partial charge in [-0.1, -0.05) is 23.2 Å². The van der Waals surface area contributed by atoms with Crippen molar-refractivity contribution in [3.8, 4) is 11.6 Å². The molecule has 1 aliphatic rings. The molecule has 1 aromatic heterocycles. The van der Waals surface area contributed by atoms with E-state index >= 15 is 0 Å². The molecule has 4 rings (SSSR count). The van der Waals surface area contributed by atoms with Crippen molar-refractivity contribution >= 4 is 46.6 Å². The average Bonchev–Trinajstić information content (AvgIpc) is 3.01. The molecule has 0 atom stereocenters. The van der Waals surface area contributed by atoms with Crippen LogP contribution in [0.3, 0.4) is 0 Å². The number of aromatic amines is 1. The zero-order chi connectivity index (χ0) is 22.3. The van der Waals surface area contributed by atoms with Gasteiger partial charge in [-0.3, -0.25) is 14.6 Å². The molecule has 1 amide bonds. The number of rotatable bonds is 3. The second kappa shape index (κ2) is 7.90. The van der Waals surface area contributed by atoms with E-state index in [2.05, 4.69) is 10.1 Å². The number of hydrogen-bond donors (Lipinski definition) is 2. The predicted octanol–water partition coefficient (Wildman–Crippen LogP) is 3.34. The molecule has 0 radical (unpaired) electrons. The van der Waals surface area contributed by atoms with Gasteiger partial charge in [0.15, 0.2) is 0 Å². The lowest BCUT2D eigenvalue weighted by molar-refractivity contribution is -0.114. The van der Waals surface area contributed by atoms with Crippen molar-refractivity contribution in [1.82, 2.24) is 9.55 Å². The maximum atomic E-state index is 12.9. The fraction of sp³-hybridized carbons (Fsp3) is 0.0476. The summed E-state index contributed by atoms with van der Waals surface area (Å²) in [4.78, 5) is 39.8. The summed E-state index contributed by atoms with van der Waals surface area (Å²) in [6.45, 7) is 1.60. The van der Waals surface area contributed by atoms with Crippen molar-refractivity contribution in [2.45, 2.75) is 6.92 Å². The third-order valence-electron chi connectivity index (χ3n) is 4.63. The number of aromatic hydroxyl groups is 1. The lowest BCUT2D eigenvalue weighted by Crippen LogP contribution is -2.30. The molecule has 0 unspecified atom stereocenters. The van der Waals surface area contributed by atoms with E-state index in [1.54, 1.807) is 31.2 Å². The van der Waals surface area contributed by atoms with E-state index in [0.717, 1.165) is 9.58 Å². The highest BCUT2D eigenvalue weighted by molar-refractivity contribution is 6.33. The smallest absolute Gasteiger partial charge is 0.335 e. The summed E-state index contributed by atoms with van der Waals surface area (Å²) in [6.07, 6.45) is 1.21. The van der Waals surface area contributed by atoms with Crippen molar-refractivity contribution in [1.29, 1.82) is 0 Å². The van der Waals surface area contributed by atoms with Crippen molar-refractivity contribution in [3.63, 3.8) is 0 Å². The second-order valence-electron chi connectivity index (χ2n) is 6.65. The maximum Gasteiger partial charge on any atom is 0.335 e. The summed E-state index contributed by atoms with van der Waals surface area (Å²) in [5, 5.41) is 17.0. The number of amides is 1. The molecule has 0 saturated heterocycles. The Morgan fingerprint density at radius 2 is 1.48 bits per heavy atom. The zero-order valence-corrected chi connectivity index (χ0v) is 17.5. The molecule has 8 nitrogen and oxygen atoms in total. The minimum atomic E-state index is -0.842. The highest BCUT2D eigenvalue weighted by Crippen LogP contribution is 2.27. The number of H-pyrrole nitrogens is 1. The summed E-state index contributed by atoms with van der Waals surface area (Å²) in [7, 11) is 0. The molecule has 0 bridgehead atoms. The first-order chi connectivity index (χ1) is 14.8. The van der Waals surface area contributed by atoms with Gasteiger partial charge in [-0.25, -0.2) is 9.36 Å². The van der Waals surface area contributed by atoms with Crippen molar-refractivity contribution in [2.24, 2.45) is 5.10 Å². The second-order valence-corrected chi connectivity index (χ2v) is 7.52. The maximum absolute atomic E-state index is 12.9. The highest BCUT2D eigenvalue weighted by Gasteiger charge is 2.29. The molecule has 0 spiro atoms. The minimum absolute atomic E-state index is 0.0945. The van der Waals surface area contributed by atoms with E-state index in [4.69, 9.17) is 23.2 Å². The van der Waals surface area contributed by atoms with E-state index in [1.807, 2.05) is 0 Å². The minimum Gasteiger partial charge on any atom is -0.494 e. The molecule has 3 aromatic rings. The SMILES string of the molecule is CC1=NN(c2ccc(Cl)cc2)C(=O)/C1=C/c1c(O)n(-c2ccc(Cl)cc2)c(=O)[nH]c1=O. The Bertz CT molecular complexity index is 1370. The van der Waals surface area contributed by atoms with Crippen LogP contribution in [0.5, 0.6) is 5.88 Å². The van der Waals surface area contributed by atoms with Crippen LogP contribution in [-0.4, -0.2) is 26.3 Å². The Kier molecular flexibility index (Phi) is 5.26. The van der Waals surface area contributed by atoms with Gasteiger partial charge in [0.1, 0.15) is 5.56 Å². The molecule has 2 heterocycles. The lowest BCUT2D eigenvalue weighted by atomic mass is 10.1. The molecule has 0 aliphatic carbocycles. The topological polar surface area (TPSA) is 108 Å². The van der Waals surface area contributed by atoms with Crippen LogP contribution in [0, 0.1) is 0 Å². The number of hydrazone groups is 1. The fourth-order valence-electron chi connectivity index (χ4n) is 3.08. The van der Waals surface area contributed by atoms with Crippen LogP contribution in [0.4, 0.5) is 5.69 Å². The van der Waals surface area contributed by atoms with Gasteiger partial charge in [0.25, 0.3) is 11.5 Å². The summed E-state index contributed by atoms with van der Waals surface area (Å²) in [5.41, 5.74) is -0.732. The van der Waals surface area contributed by atoms with Gasteiger partial charge >= 0.3 is 5.69 Å². The monoisotopic (exact) mass is 456 g/mol. The summed E-state index contributed by atoms with van der Waals surface area (Å²) < 4.78 is 0.910. The molecule has 1 aliphatic heterocycles. The van der Waals surface area contributed by atoms with Crippen molar-refractivity contribution < 1.29 is 9.90 Å². The quantitative estimate of drug-likeness (QED) is 0.589. The zero-order valence-electron chi connectivity index (χ0n) is 16.0. The third-order valence-corrected chi connectivity index (χ3v) is 5.13. The molecule has 156 valence electrons. The number of nitrogens with zero attached hydrogens (tertiary/aromatic N) is 3. The van der Waals surface area contributed by atoms with Gasteiger partial charge in [0.2, 0.25) is 5.88 Å². The summed E-state index contributed by atoms with van der Waals surface area (Å²) in [6, 6.07) is 12.6. The summed E-state index contributed by atoms with van der Waals surface area (Å²) in [5.74, 6) is -1.11. The van der Waals surface area contributed by atoms with Crippen LogP contribution in [-0.2, 0) is 4.79 Å². The van der Waals surface area contributed by atoms with E-state index in [-0.39, 0.29) is 16.8 Å². The fourth-order valence-corrected chi connectivity index (χ4v) is 3.34. The Morgan fingerprint density at radius 3 is 2.06 bits per heavy atom. The third kappa shape index (κ3) is 3.78. The first-order valence-corrected chi connectivity index (χ1v) is 9.73. The summed E-state index contributed by atoms with van der Waals surface area (Å²) >= 11 is 11.8. The Labute approximate surface area is 185 Å². The van der Waals surface area contributed by atoms with Gasteiger partial charge in [-0.15, -0.1) is 0 Å². The number of hydrogen-bond acceptors (Lipinski definition) is 5. The lowest BCUT2D eigenvalue weighted by Gasteiger charge is -2.12. The molecule has 2 aromatic carbocycles. The van der Waals surface area contributed by atoms with Gasteiger partial charge < -0.3 is 5.11 Å². The van der Waals surface area contributed by atoms with Crippen molar-refractivity contribution in [2.75, 3.05) is 5.01 Å². The van der Waals surface area contributed by atoms with Gasteiger partial charge in [-0.05, 0) is 61.5 Å². The average molecular weight is 457 g/mol. The van der Waals surface area contributed by atoms with E-state index < -0.39 is 23.0 Å². The van der Waals surface area contributed by atoms with E-state index in [0.29, 0.717) is 21.4 Å². The standard InChI is InChI=1S/C21H14Cl2N4O4/c1-11-16(20(30)27(25-11)15-8-4-13(23)5-9-15)10-17-18(28)24-21(31)26(19(17)29)14-6-2-12(22)3-7-14/h2-10,29H,1H3,(H,24,28,31)/b16-10+. The highest BCUT2D eigenvalue weighted by atomic mass is 35.5. The van der Waals surface area contributed by atoms with E-state index in [1.165, 1.54) is 30.3 Å². The molecule has 0 saturated carbocycles. The normalized spacial score (nSPS) is 14.9. The Balaban J connectivity index is 1.81. The Hall–Kier alpha value is -3.62. The first-order valence-electron chi connectivity index (χ1n) is 8.98. The molecule has 10 heteroatoms. The van der Waals surface area contributed by atoms with Gasteiger partial charge in [-0.2, -0.15) is 10.1 Å². The van der Waals surface area contributed by atoms with E-state index in [9.17, 15) is 19.5 Å². The van der Waals surface area contributed by atoms with Crippen LogP contribution >= 0.6 is 23.2 Å². The molecular weight excluding hydrogens is 443 g/mol. The molecule has 0 fully saturated rings. The number of nitrogens with one attached hydrogen (secondary N) is 1. The molecule has 31 heavy (non-hydrogen) atoms. The van der Waals surface area contributed by atoms with Crippen LogP contribution in [0.2, 0.25) is 10.0 Å². The number of halogens is 2. The number of carbonyl (C=O) groups excluding carboxylic acids is 1. The van der Waals surface area contributed by atoms with Crippen LogP contribution in [0.1, 0.15) is 12.5 Å². The molecule has 2 N–H and O–H groups in total. The Morgan fingerprint density at radius 1 is 0.935 bits per heavy atom.